The number of carbonyl (C=O) groups is 1. The average Bonchev–Trinajstić information content (AvgIpc) is 2.93. The van der Waals surface area contributed by atoms with Gasteiger partial charge in [0.1, 0.15) is 5.82 Å². The molecule has 1 aliphatic heterocycles. The third-order valence-corrected chi connectivity index (χ3v) is 8.79. The molecule has 1 heterocycles. The van der Waals surface area contributed by atoms with Gasteiger partial charge in [-0.25, -0.2) is 4.39 Å². The van der Waals surface area contributed by atoms with Crippen LogP contribution in [0.2, 0.25) is 0 Å². The number of nitrogens with two attached hydrogens (primary N) is 1. The zero-order valence-electron chi connectivity index (χ0n) is 22.5. The first-order chi connectivity index (χ1) is 19.0. The van der Waals surface area contributed by atoms with Gasteiger partial charge in [-0.3, -0.25) is 13.9 Å². The molecule has 12 heteroatoms. The Balaban J connectivity index is 1.53. The molecule has 2 aliphatic rings. The van der Waals surface area contributed by atoms with Crippen LogP contribution in [0.15, 0.2) is 36.4 Å². The van der Waals surface area contributed by atoms with Crippen LogP contribution in [0.4, 0.5) is 28.9 Å². The van der Waals surface area contributed by atoms with Crippen molar-refractivity contribution in [2.24, 2.45) is 5.73 Å². The Morgan fingerprint density at radius 1 is 1.10 bits per heavy atom. The zero-order valence-corrected chi connectivity index (χ0v) is 23.3. The topological polar surface area (TPSA) is 92.9 Å². The van der Waals surface area contributed by atoms with Crippen molar-refractivity contribution in [3.63, 3.8) is 0 Å². The molecule has 40 heavy (non-hydrogen) atoms. The normalized spacial score (nSPS) is 18.9. The van der Waals surface area contributed by atoms with Gasteiger partial charge in [-0.05, 0) is 61.1 Å². The molecule has 7 nitrogen and oxygen atoms in total. The minimum Gasteiger partial charge on any atom is -0.755 e. The predicted molar refractivity (Wildman–Crippen MR) is 146 cm³/mol. The number of amides is 1. The van der Waals surface area contributed by atoms with Gasteiger partial charge < -0.3 is 19.5 Å². The number of aryl methyl sites for hydroxylation is 1. The highest BCUT2D eigenvalue weighted by Gasteiger charge is 2.33. The Labute approximate surface area is 234 Å². The molecule has 2 unspecified atom stereocenters. The molecule has 2 aromatic carbocycles. The molecule has 2 fully saturated rings. The molecule has 0 bridgehead atoms. The van der Waals surface area contributed by atoms with E-state index >= 15 is 0 Å². The minimum absolute atomic E-state index is 0.151. The number of anilines is 2. The average molecular weight is 584 g/mol. The Morgan fingerprint density at radius 2 is 1.77 bits per heavy atom. The van der Waals surface area contributed by atoms with E-state index in [0.29, 0.717) is 30.4 Å². The third-order valence-electron chi connectivity index (χ3n) is 8.14. The van der Waals surface area contributed by atoms with Crippen molar-refractivity contribution in [1.29, 1.82) is 0 Å². The number of nitrogens with zero attached hydrogens (tertiary/aromatic N) is 3. The number of halogens is 4. The van der Waals surface area contributed by atoms with Crippen LogP contribution in [0.3, 0.4) is 0 Å². The van der Waals surface area contributed by atoms with Crippen molar-refractivity contribution in [2.45, 2.75) is 63.1 Å². The van der Waals surface area contributed by atoms with Crippen molar-refractivity contribution in [1.82, 2.24) is 4.90 Å². The summed E-state index contributed by atoms with van der Waals surface area (Å²) in [7, 11) is 1.19. The van der Waals surface area contributed by atoms with E-state index in [4.69, 9.17) is 5.73 Å². The van der Waals surface area contributed by atoms with Gasteiger partial charge in [-0.15, -0.1) is 0 Å². The lowest BCUT2D eigenvalue weighted by Crippen LogP contribution is -2.51. The monoisotopic (exact) mass is 583 g/mol. The maximum absolute atomic E-state index is 14.7. The summed E-state index contributed by atoms with van der Waals surface area (Å²) in [5.41, 5.74) is 6.14. The number of primary amides is 1. The second-order valence-electron chi connectivity index (χ2n) is 10.6. The lowest BCUT2D eigenvalue weighted by Gasteiger charge is -2.42. The maximum Gasteiger partial charge on any atom is 0.416 e. The smallest absolute Gasteiger partial charge is 0.416 e. The molecule has 1 saturated heterocycles. The van der Waals surface area contributed by atoms with E-state index in [1.807, 2.05) is 4.90 Å². The number of alkyl halides is 3. The molecule has 220 valence electrons. The van der Waals surface area contributed by atoms with E-state index in [1.54, 1.807) is 0 Å². The molecule has 1 aliphatic carbocycles. The highest BCUT2D eigenvalue weighted by molar-refractivity contribution is 7.80. The largest absolute Gasteiger partial charge is 0.755 e. The fraction of sp³-hybridized carbons (Fsp3) is 0.536. The van der Waals surface area contributed by atoms with Gasteiger partial charge in [0.15, 0.2) is 0 Å². The van der Waals surface area contributed by atoms with Crippen LogP contribution in [-0.2, 0) is 28.7 Å². The van der Waals surface area contributed by atoms with E-state index in [2.05, 4.69) is 4.90 Å². The lowest BCUT2D eigenvalue weighted by molar-refractivity contribution is -0.137. The fourth-order valence-corrected chi connectivity index (χ4v) is 6.18. The number of hydrogen-bond donors (Lipinski definition) is 1. The predicted octanol–water partition coefficient (Wildman–Crippen LogP) is 4.73. The van der Waals surface area contributed by atoms with Crippen molar-refractivity contribution in [3.8, 4) is 0 Å². The van der Waals surface area contributed by atoms with Gasteiger partial charge >= 0.3 is 6.18 Å². The van der Waals surface area contributed by atoms with Gasteiger partial charge in [-0.2, -0.15) is 13.2 Å². The van der Waals surface area contributed by atoms with Crippen LogP contribution in [0.25, 0.3) is 0 Å². The summed E-state index contributed by atoms with van der Waals surface area (Å²) in [5.74, 6) is -2.45. The summed E-state index contributed by atoms with van der Waals surface area (Å²) in [6.07, 6.45) is 1.91. The van der Waals surface area contributed by atoms with Crippen LogP contribution in [0.5, 0.6) is 0 Å². The third kappa shape index (κ3) is 7.13. The van der Waals surface area contributed by atoms with Crippen LogP contribution < -0.4 is 14.9 Å². The molecule has 4 rings (SSSR count). The highest BCUT2D eigenvalue weighted by Crippen LogP contribution is 2.36. The molecule has 0 radical (unpaired) electrons. The number of carbonyl (C=O) groups excluding carboxylic acids is 1. The number of benzene rings is 2. The molecular formula is C28H35F4N4O3S-. The Morgan fingerprint density at radius 3 is 2.35 bits per heavy atom. The molecule has 2 aromatic rings. The van der Waals surface area contributed by atoms with Crippen LogP contribution in [0.1, 0.15) is 61.1 Å². The minimum atomic E-state index is -4.49. The van der Waals surface area contributed by atoms with Gasteiger partial charge in [0.25, 0.3) is 0 Å². The van der Waals surface area contributed by atoms with E-state index in [-0.39, 0.29) is 24.1 Å². The first kappa shape index (κ1) is 30.3. The molecular weight excluding hydrogens is 548 g/mol. The van der Waals surface area contributed by atoms with Gasteiger partial charge in [0, 0.05) is 56.2 Å². The molecule has 0 aromatic heterocycles. The lowest BCUT2D eigenvalue weighted by atomic mass is 9.90. The summed E-state index contributed by atoms with van der Waals surface area (Å²) in [4.78, 5) is 16.8. The van der Waals surface area contributed by atoms with Crippen molar-refractivity contribution >= 4 is 28.5 Å². The molecule has 1 saturated carbocycles. The van der Waals surface area contributed by atoms with Crippen LogP contribution in [0, 0.1) is 5.82 Å². The summed E-state index contributed by atoms with van der Waals surface area (Å²) in [6.45, 7) is 2.76. The quantitative estimate of drug-likeness (QED) is 0.340. The molecule has 2 N–H and O–H groups in total. The molecule has 2 atom stereocenters. The van der Waals surface area contributed by atoms with E-state index in [9.17, 15) is 31.1 Å². The SMILES string of the molecule is CN(c1ccc(C(CCc2ccc(C(F)(F)F)cc2N2CCN(C3CCCCC3)CC2)C(N)=O)cc1F)S(=O)[O-]. The van der Waals surface area contributed by atoms with E-state index < -0.39 is 40.6 Å². The van der Waals surface area contributed by atoms with Crippen LogP contribution >= 0.6 is 0 Å². The Hall–Kier alpha value is -2.70. The van der Waals surface area contributed by atoms with Crippen molar-refractivity contribution in [3.05, 3.63) is 58.9 Å². The van der Waals surface area contributed by atoms with Gasteiger partial charge in [-0.1, -0.05) is 31.4 Å². The summed E-state index contributed by atoms with van der Waals surface area (Å²) in [6, 6.07) is 7.98. The fourth-order valence-electron chi connectivity index (χ4n) is 5.87. The second-order valence-corrected chi connectivity index (χ2v) is 11.6. The number of rotatable bonds is 9. The number of hydrogen-bond acceptors (Lipinski definition) is 5. The second kappa shape index (κ2) is 12.9. The van der Waals surface area contributed by atoms with Crippen molar-refractivity contribution in [2.75, 3.05) is 42.4 Å². The molecule has 1 amide bonds. The molecule has 0 spiro atoms. The van der Waals surface area contributed by atoms with Crippen LogP contribution in [-0.4, -0.2) is 58.8 Å². The Kier molecular flexibility index (Phi) is 9.73. The Bertz CT molecular complexity index is 1210. The standard InChI is InChI=1S/C28H36F4N4O3S/c1-34(40(38)39)25-12-9-20(17-24(25)29)23(27(33)37)11-8-19-7-10-21(28(30,31)32)18-26(19)36-15-13-35(14-16-36)22-5-3-2-4-6-22/h7,9-10,12,17-18,22-23H,2-6,8,11,13-16H2,1H3,(H2,33,37)(H,38,39)/p-1. The van der Waals surface area contributed by atoms with E-state index in [0.717, 1.165) is 42.4 Å². The van der Waals surface area contributed by atoms with Gasteiger partial charge in [0.05, 0.1) is 17.2 Å². The van der Waals surface area contributed by atoms with E-state index in [1.165, 1.54) is 50.6 Å². The maximum atomic E-state index is 14.7. The summed E-state index contributed by atoms with van der Waals surface area (Å²) < 4.78 is 78.7. The summed E-state index contributed by atoms with van der Waals surface area (Å²) in [5, 5.41) is 0. The first-order valence-electron chi connectivity index (χ1n) is 13.6. The van der Waals surface area contributed by atoms with Crippen molar-refractivity contribution < 1.29 is 31.1 Å². The number of piperazine rings is 1. The highest BCUT2D eigenvalue weighted by atomic mass is 32.2. The first-order valence-corrected chi connectivity index (χ1v) is 14.6. The summed E-state index contributed by atoms with van der Waals surface area (Å²) >= 11 is -2.68. The van der Waals surface area contributed by atoms with Gasteiger partial charge in [0.2, 0.25) is 5.91 Å². The zero-order chi connectivity index (χ0) is 29.0.